The van der Waals surface area contributed by atoms with Crippen LogP contribution in [0.1, 0.15) is 37.3 Å². The van der Waals surface area contributed by atoms with Crippen LogP contribution in [0.15, 0.2) is 48.7 Å². The number of hydrogen-bond acceptors (Lipinski definition) is 2. The summed E-state index contributed by atoms with van der Waals surface area (Å²) in [6, 6.07) is 14.4. The Morgan fingerprint density at radius 3 is 2.60 bits per heavy atom. The van der Waals surface area contributed by atoms with Crippen molar-refractivity contribution in [1.29, 1.82) is 0 Å². The first-order chi connectivity index (χ1) is 9.88. The molecular weight excluding hydrogens is 246 g/mol. The van der Waals surface area contributed by atoms with Crippen molar-refractivity contribution in [1.82, 2.24) is 4.98 Å². The van der Waals surface area contributed by atoms with E-state index >= 15 is 0 Å². The molecule has 0 N–H and O–H groups in total. The summed E-state index contributed by atoms with van der Waals surface area (Å²) in [5.74, 6) is 0.720. The highest BCUT2D eigenvalue weighted by atomic mass is 16.5. The molecule has 0 spiro atoms. The third-order valence-corrected chi connectivity index (χ3v) is 3.17. The van der Waals surface area contributed by atoms with E-state index in [9.17, 15) is 0 Å². The first-order valence-corrected chi connectivity index (χ1v) is 7.34. The molecule has 0 amide bonds. The van der Waals surface area contributed by atoms with E-state index in [2.05, 4.69) is 48.7 Å². The van der Waals surface area contributed by atoms with E-state index in [-0.39, 0.29) is 0 Å². The second-order valence-electron chi connectivity index (χ2n) is 4.88. The Bertz CT molecular complexity index is 479. The lowest BCUT2D eigenvalue weighted by Gasteiger charge is -2.06. The van der Waals surface area contributed by atoms with Crippen LogP contribution in [0.2, 0.25) is 0 Å². The van der Waals surface area contributed by atoms with Gasteiger partial charge in [-0.2, -0.15) is 0 Å². The standard InChI is InChI=1S/C18H22NO/c1-2-3-7-14-20-18-13-12-17(15-19-18)11-10-16-8-5-4-6-9-16/h4-6,8-9,11-13,15H,2-3,7,10,14H2,1H3. The zero-order valence-corrected chi connectivity index (χ0v) is 12.1. The van der Waals surface area contributed by atoms with E-state index < -0.39 is 0 Å². The Kier molecular flexibility index (Phi) is 6.09. The second kappa shape index (κ2) is 8.36. The van der Waals surface area contributed by atoms with Crippen molar-refractivity contribution in [3.8, 4) is 5.88 Å². The summed E-state index contributed by atoms with van der Waals surface area (Å²) in [5, 5.41) is 0. The van der Waals surface area contributed by atoms with Crippen LogP contribution in [0.4, 0.5) is 0 Å². The molecule has 1 aromatic carbocycles. The maximum absolute atomic E-state index is 5.60. The molecule has 0 bridgehead atoms. The van der Waals surface area contributed by atoms with E-state index in [4.69, 9.17) is 4.74 Å². The molecule has 1 radical (unpaired) electrons. The maximum Gasteiger partial charge on any atom is 0.213 e. The molecule has 2 nitrogen and oxygen atoms in total. The van der Waals surface area contributed by atoms with Crippen molar-refractivity contribution >= 4 is 0 Å². The SMILES string of the molecule is CCCCCOc1ccc([CH]Cc2ccccc2)cn1. The van der Waals surface area contributed by atoms with Crippen molar-refractivity contribution in [3.63, 3.8) is 0 Å². The van der Waals surface area contributed by atoms with Crippen LogP contribution >= 0.6 is 0 Å². The van der Waals surface area contributed by atoms with Crippen LogP contribution in [0.5, 0.6) is 5.88 Å². The fourth-order valence-corrected chi connectivity index (χ4v) is 1.98. The van der Waals surface area contributed by atoms with Gasteiger partial charge in [0, 0.05) is 12.3 Å². The third-order valence-electron chi connectivity index (χ3n) is 3.17. The first kappa shape index (κ1) is 14.6. The Morgan fingerprint density at radius 2 is 1.90 bits per heavy atom. The van der Waals surface area contributed by atoms with Gasteiger partial charge in [0.2, 0.25) is 5.88 Å². The predicted molar refractivity (Wildman–Crippen MR) is 82.8 cm³/mol. The van der Waals surface area contributed by atoms with Crippen molar-refractivity contribution in [2.24, 2.45) is 0 Å². The van der Waals surface area contributed by atoms with Gasteiger partial charge in [-0.25, -0.2) is 4.98 Å². The number of rotatable bonds is 8. The Balaban J connectivity index is 1.76. The van der Waals surface area contributed by atoms with Crippen molar-refractivity contribution in [3.05, 3.63) is 66.2 Å². The van der Waals surface area contributed by atoms with Crippen molar-refractivity contribution in [2.45, 2.75) is 32.6 Å². The Morgan fingerprint density at radius 1 is 1.05 bits per heavy atom. The van der Waals surface area contributed by atoms with E-state index in [1.807, 2.05) is 18.3 Å². The number of nitrogens with zero attached hydrogens (tertiary/aromatic N) is 1. The van der Waals surface area contributed by atoms with Crippen LogP contribution in [0, 0.1) is 6.42 Å². The smallest absolute Gasteiger partial charge is 0.213 e. The third kappa shape index (κ3) is 5.04. The second-order valence-corrected chi connectivity index (χ2v) is 4.88. The number of hydrogen-bond donors (Lipinski definition) is 0. The van der Waals surface area contributed by atoms with Crippen molar-refractivity contribution in [2.75, 3.05) is 6.61 Å². The lowest BCUT2D eigenvalue weighted by molar-refractivity contribution is 0.295. The van der Waals surface area contributed by atoms with Gasteiger partial charge >= 0.3 is 0 Å². The number of benzene rings is 1. The molecule has 105 valence electrons. The number of ether oxygens (including phenoxy) is 1. The molecule has 0 aliphatic carbocycles. The zero-order chi connectivity index (χ0) is 14.0. The van der Waals surface area contributed by atoms with E-state index in [1.54, 1.807) is 0 Å². The monoisotopic (exact) mass is 268 g/mol. The Labute approximate surface area is 121 Å². The average molecular weight is 268 g/mol. The predicted octanol–water partition coefficient (Wildman–Crippen LogP) is 4.45. The molecule has 0 aliphatic rings. The summed E-state index contributed by atoms with van der Waals surface area (Å²) in [4.78, 5) is 4.34. The van der Waals surface area contributed by atoms with Crippen molar-refractivity contribution < 1.29 is 4.74 Å². The minimum absolute atomic E-state index is 0.720. The minimum Gasteiger partial charge on any atom is -0.478 e. The first-order valence-electron chi connectivity index (χ1n) is 7.34. The van der Waals surface area contributed by atoms with Gasteiger partial charge in [-0.05, 0) is 30.4 Å². The summed E-state index contributed by atoms with van der Waals surface area (Å²) >= 11 is 0. The number of unbranched alkanes of at least 4 members (excludes halogenated alkanes) is 2. The summed E-state index contributed by atoms with van der Waals surface area (Å²) in [6.45, 7) is 2.95. The Hall–Kier alpha value is -1.83. The number of aromatic nitrogens is 1. The quantitative estimate of drug-likeness (QED) is 0.660. The topological polar surface area (TPSA) is 22.1 Å². The molecule has 0 aliphatic heterocycles. The zero-order valence-electron chi connectivity index (χ0n) is 12.1. The molecule has 2 aromatic rings. The van der Waals surface area contributed by atoms with Gasteiger partial charge in [-0.15, -0.1) is 0 Å². The molecule has 20 heavy (non-hydrogen) atoms. The molecule has 0 unspecified atom stereocenters. The lowest BCUT2D eigenvalue weighted by Crippen LogP contribution is -1.99. The molecule has 0 saturated carbocycles. The van der Waals surface area contributed by atoms with E-state index in [0.29, 0.717) is 0 Å². The van der Waals surface area contributed by atoms with Gasteiger partial charge in [0.1, 0.15) is 0 Å². The molecule has 1 heterocycles. The van der Waals surface area contributed by atoms with E-state index in [1.165, 1.54) is 18.4 Å². The van der Waals surface area contributed by atoms with Gasteiger partial charge in [0.15, 0.2) is 0 Å². The minimum atomic E-state index is 0.720. The van der Waals surface area contributed by atoms with Crippen LogP contribution in [-0.2, 0) is 6.42 Å². The summed E-state index contributed by atoms with van der Waals surface area (Å²) in [5.41, 5.74) is 2.45. The molecule has 0 atom stereocenters. The van der Waals surface area contributed by atoms with Crippen LogP contribution < -0.4 is 4.74 Å². The van der Waals surface area contributed by atoms with Crippen LogP contribution in [-0.4, -0.2) is 11.6 Å². The molecular formula is C18H22NO. The summed E-state index contributed by atoms with van der Waals surface area (Å²) in [6.07, 6.45) is 8.51. The van der Waals surface area contributed by atoms with Gasteiger partial charge in [0.05, 0.1) is 6.61 Å². The van der Waals surface area contributed by atoms with Gasteiger partial charge in [0.25, 0.3) is 0 Å². The van der Waals surface area contributed by atoms with Gasteiger partial charge in [-0.3, -0.25) is 0 Å². The van der Waals surface area contributed by atoms with Gasteiger partial charge in [-0.1, -0.05) is 56.2 Å². The van der Waals surface area contributed by atoms with Gasteiger partial charge < -0.3 is 4.74 Å². The molecule has 2 heteroatoms. The largest absolute Gasteiger partial charge is 0.478 e. The highest BCUT2D eigenvalue weighted by Crippen LogP contribution is 2.12. The highest BCUT2D eigenvalue weighted by molar-refractivity contribution is 5.27. The molecule has 0 fully saturated rings. The fourth-order valence-electron chi connectivity index (χ4n) is 1.98. The fraction of sp³-hybridized carbons (Fsp3) is 0.333. The van der Waals surface area contributed by atoms with E-state index in [0.717, 1.165) is 30.9 Å². The summed E-state index contributed by atoms with van der Waals surface area (Å²) in [7, 11) is 0. The highest BCUT2D eigenvalue weighted by Gasteiger charge is 1.99. The molecule has 0 saturated heterocycles. The normalized spacial score (nSPS) is 10.4. The average Bonchev–Trinajstić information content (AvgIpc) is 2.52. The lowest BCUT2D eigenvalue weighted by atomic mass is 10.1. The maximum atomic E-state index is 5.60. The molecule has 1 aromatic heterocycles. The van der Waals surface area contributed by atoms with Crippen LogP contribution in [0.3, 0.4) is 0 Å². The summed E-state index contributed by atoms with van der Waals surface area (Å²) < 4.78 is 5.60. The molecule has 2 rings (SSSR count). The number of pyridine rings is 1. The van der Waals surface area contributed by atoms with Crippen LogP contribution in [0.25, 0.3) is 0 Å².